The van der Waals surface area contributed by atoms with Crippen molar-refractivity contribution in [3.05, 3.63) is 28.2 Å². The van der Waals surface area contributed by atoms with Gasteiger partial charge in [0.2, 0.25) is 0 Å². The highest BCUT2D eigenvalue weighted by atomic mass is 79.9. The minimum atomic E-state index is 0.215. The van der Waals surface area contributed by atoms with E-state index in [4.69, 9.17) is 4.74 Å². The van der Waals surface area contributed by atoms with Crippen LogP contribution in [0.15, 0.2) is 22.7 Å². The van der Waals surface area contributed by atoms with E-state index < -0.39 is 0 Å². The number of ether oxygens (including phenoxy) is 1. The van der Waals surface area contributed by atoms with E-state index in [0.717, 1.165) is 22.2 Å². The van der Waals surface area contributed by atoms with Crippen LogP contribution in [-0.4, -0.2) is 12.9 Å². The van der Waals surface area contributed by atoms with Crippen LogP contribution < -0.4 is 4.74 Å². The molecule has 1 rings (SSSR count). The Morgan fingerprint density at radius 3 is 2.79 bits per heavy atom. The zero-order chi connectivity index (χ0) is 10.6. The van der Waals surface area contributed by atoms with Gasteiger partial charge < -0.3 is 9.53 Å². The zero-order valence-corrected chi connectivity index (χ0v) is 9.93. The Bertz CT molecular complexity index is 334. The molecule has 3 heteroatoms. The molecule has 1 aromatic carbocycles. The van der Waals surface area contributed by atoms with Crippen LogP contribution in [0.1, 0.15) is 18.9 Å². The Kier molecular flexibility index (Phi) is 4.14. The van der Waals surface area contributed by atoms with Gasteiger partial charge in [-0.2, -0.15) is 0 Å². The smallest absolute Gasteiger partial charge is 0.133 e. The fraction of sp³-hybridized carbons (Fsp3) is 0.364. The minimum absolute atomic E-state index is 0.215. The number of carbonyl (C=O) groups excluding carboxylic acids is 1. The van der Waals surface area contributed by atoms with Crippen molar-refractivity contribution in [1.29, 1.82) is 0 Å². The summed E-state index contributed by atoms with van der Waals surface area (Å²) in [5.74, 6) is 1.03. The van der Waals surface area contributed by atoms with Gasteiger partial charge >= 0.3 is 0 Å². The van der Waals surface area contributed by atoms with Crippen molar-refractivity contribution >= 4 is 21.7 Å². The van der Waals surface area contributed by atoms with E-state index in [0.29, 0.717) is 6.42 Å². The van der Waals surface area contributed by atoms with E-state index in [2.05, 4.69) is 15.9 Å². The van der Waals surface area contributed by atoms with Crippen molar-refractivity contribution in [2.45, 2.75) is 19.8 Å². The number of rotatable bonds is 4. The van der Waals surface area contributed by atoms with Crippen LogP contribution >= 0.6 is 15.9 Å². The second-order valence-corrected chi connectivity index (χ2v) is 4.03. The van der Waals surface area contributed by atoms with Gasteiger partial charge in [0, 0.05) is 6.42 Å². The van der Waals surface area contributed by atoms with E-state index in [9.17, 15) is 4.79 Å². The molecule has 0 aliphatic carbocycles. The third-order valence-corrected chi connectivity index (χ3v) is 2.64. The number of Topliss-reactive ketones (excluding diaryl/α,β-unsaturated/α-hetero) is 1. The summed E-state index contributed by atoms with van der Waals surface area (Å²) in [6.45, 7) is 1.61. The Balaban J connectivity index is 2.74. The number of benzene rings is 1. The van der Waals surface area contributed by atoms with Crippen LogP contribution in [0.3, 0.4) is 0 Å². The average molecular weight is 257 g/mol. The third-order valence-electron chi connectivity index (χ3n) is 1.98. The van der Waals surface area contributed by atoms with Crippen molar-refractivity contribution in [1.82, 2.24) is 0 Å². The predicted octanol–water partition coefficient (Wildman–Crippen LogP) is 2.98. The highest BCUT2D eigenvalue weighted by Crippen LogP contribution is 2.25. The molecule has 0 spiro atoms. The predicted molar refractivity (Wildman–Crippen MR) is 59.7 cm³/mol. The summed E-state index contributed by atoms with van der Waals surface area (Å²) in [6.07, 6.45) is 1.36. The lowest BCUT2D eigenvalue weighted by Gasteiger charge is -2.05. The van der Waals surface area contributed by atoms with Crippen LogP contribution in [-0.2, 0) is 11.2 Å². The summed E-state index contributed by atoms with van der Waals surface area (Å²) < 4.78 is 6.10. The fourth-order valence-electron chi connectivity index (χ4n) is 1.18. The van der Waals surface area contributed by atoms with Crippen molar-refractivity contribution in [3.8, 4) is 5.75 Å². The molecule has 14 heavy (non-hydrogen) atoms. The first-order valence-electron chi connectivity index (χ1n) is 4.45. The molecule has 0 aliphatic rings. The summed E-state index contributed by atoms with van der Waals surface area (Å²) in [4.78, 5) is 10.8. The lowest BCUT2D eigenvalue weighted by atomic mass is 10.1. The highest BCUT2D eigenvalue weighted by molar-refractivity contribution is 9.10. The lowest BCUT2D eigenvalue weighted by molar-refractivity contribution is -0.116. The van der Waals surface area contributed by atoms with Gasteiger partial charge in [-0.3, -0.25) is 0 Å². The monoisotopic (exact) mass is 256 g/mol. The highest BCUT2D eigenvalue weighted by Gasteiger charge is 2.02. The molecule has 1 aromatic rings. The van der Waals surface area contributed by atoms with E-state index in [1.54, 1.807) is 14.0 Å². The Morgan fingerprint density at radius 1 is 1.50 bits per heavy atom. The number of carbonyl (C=O) groups is 1. The molecule has 0 aliphatic heterocycles. The molecule has 2 nitrogen and oxygen atoms in total. The number of aryl methyl sites for hydroxylation is 1. The second-order valence-electron chi connectivity index (χ2n) is 3.17. The first-order chi connectivity index (χ1) is 6.63. The van der Waals surface area contributed by atoms with Gasteiger partial charge in [-0.05, 0) is 47.0 Å². The van der Waals surface area contributed by atoms with Gasteiger partial charge in [-0.25, -0.2) is 0 Å². The number of halogens is 1. The fourth-order valence-corrected chi connectivity index (χ4v) is 1.59. The summed E-state index contributed by atoms with van der Waals surface area (Å²) in [5.41, 5.74) is 1.13. The van der Waals surface area contributed by atoms with Crippen LogP contribution in [0.5, 0.6) is 5.75 Å². The van der Waals surface area contributed by atoms with E-state index >= 15 is 0 Å². The Hall–Kier alpha value is -0.830. The molecule has 0 unspecified atom stereocenters. The molecular formula is C11H13BrO2. The molecule has 0 radical (unpaired) electrons. The van der Waals surface area contributed by atoms with E-state index in [1.165, 1.54) is 0 Å². The lowest BCUT2D eigenvalue weighted by Crippen LogP contribution is -1.94. The molecule has 0 atom stereocenters. The summed E-state index contributed by atoms with van der Waals surface area (Å²) in [6, 6.07) is 5.89. The summed E-state index contributed by atoms with van der Waals surface area (Å²) >= 11 is 3.38. The molecular weight excluding hydrogens is 244 g/mol. The summed E-state index contributed by atoms with van der Waals surface area (Å²) in [7, 11) is 1.63. The van der Waals surface area contributed by atoms with Crippen LogP contribution in [0, 0.1) is 0 Å². The maximum atomic E-state index is 10.8. The van der Waals surface area contributed by atoms with Gasteiger partial charge in [-0.1, -0.05) is 6.07 Å². The largest absolute Gasteiger partial charge is 0.496 e. The van der Waals surface area contributed by atoms with E-state index in [-0.39, 0.29) is 5.78 Å². The number of hydrogen-bond acceptors (Lipinski definition) is 2. The Labute approximate surface area is 92.4 Å². The third kappa shape index (κ3) is 3.14. The molecule has 0 saturated carbocycles. The van der Waals surface area contributed by atoms with Crippen LogP contribution in [0.25, 0.3) is 0 Å². The van der Waals surface area contributed by atoms with Crippen LogP contribution in [0.4, 0.5) is 0 Å². The molecule has 0 aromatic heterocycles. The maximum Gasteiger partial charge on any atom is 0.133 e. The summed E-state index contributed by atoms with van der Waals surface area (Å²) in [5, 5.41) is 0. The minimum Gasteiger partial charge on any atom is -0.496 e. The molecule has 0 bridgehead atoms. The number of ketones is 1. The maximum absolute atomic E-state index is 10.8. The van der Waals surface area contributed by atoms with Crippen molar-refractivity contribution < 1.29 is 9.53 Å². The van der Waals surface area contributed by atoms with Gasteiger partial charge in [0.05, 0.1) is 11.6 Å². The number of hydrogen-bond donors (Lipinski definition) is 0. The first kappa shape index (κ1) is 11.2. The zero-order valence-electron chi connectivity index (χ0n) is 8.34. The van der Waals surface area contributed by atoms with E-state index in [1.807, 2.05) is 18.2 Å². The SMILES string of the molecule is COc1cc(CCC(C)=O)ccc1Br. The van der Waals surface area contributed by atoms with Gasteiger partial charge in [0.1, 0.15) is 11.5 Å². The van der Waals surface area contributed by atoms with Crippen LogP contribution in [0.2, 0.25) is 0 Å². The Morgan fingerprint density at radius 2 is 2.21 bits per heavy atom. The normalized spacial score (nSPS) is 9.93. The second kappa shape index (κ2) is 5.15. The van der Waals surface area contributed by atoms with Crippen molar-refractivity contribution in [2.75, 3.05) is 7.11 Å². The molecule has 76 valence electrons. The quantitative estimate of drug-likeness (QED) is 0.828. The molecule has 0 saturated heterocycles. The first-order valence-corrected chi connectivity index (χ1v) is 5.24. The molecule has 0 fully saturated rings. The van der Waals surface area contributed by atoms with Gasteiger partial charge in [0.25, 0.3) is 0 Å². The molecule has 0 heterocycles. The van der Waals surface area contributed by atoms with Crippen molar-refractivity contribution in [3.63, 3.8) is 0 Å². The van der Waals surface area contributed by atoms with Crippen molar-refractivity contribution in [2.24, 2.45) is 0 Å². The molecule has 0 N–H and O–H groups in total. The average Bonchev–Trinajstić information content (AvgIpc) is 2.16. The van der Waals surface area contributed by atoms with Gasteiger partial charge in [-0.15, -0.1) is 0 Å². The topological polar surface area (TPSA) is 26.3 Å². The number of methoxy groups -OCH3 is 1. The molecule has 0 amide bonds. The standard InChI is InChI=1S/C11H13BrO2/c1-8(13)3-4-9-5-6-10(12)11(7-9)14-2/h5-7H,3-4H2,1-2H3. The van der Waals surface area contributed by atoms with Gasteiger partial charge in [0.15, 0.2) is 0 Å².